The summed E-state index contributed by atoms with van der Waals surface area (Å²) in [6, 6.07) is 3.99. The van der Waals surface area contributed by atoms with Gasteiger partial charge in [0, 0.05) is 45.1 Å². The summed E-state index contributed by atoms with van der Waals surface area (Å²) in [4.78, 5) is 18.2. The number of rotatable bonds is 2. The van der Waals surface area contributed by atoms with Crippen molar-refractivity contribution in [1.29, 1.82) is 0 Å². The Morgan fingerprint density at radius 2 is 2.11 bits per heavy atom. The van der Waals surface area contributed by atoms with Gasteiger partial charge >= 0.3 is 0 Å². The zero-order valence-electron chi connectivity index (χ0n) is 10.9. The number of aromatic nitrogens is 3. The molecule has 0 unspecified atom stereocenters. The van der Waals surface area contributed by atoms with Crippen LogP contribution in [0.15, 0.2) is 30.7 Å². The lowest BCUT2D eigenvalue weighted by atomic mass is 10.1. The van der Waals surface area contributed by atoms with Crippen LogP contribution in [0, 0.1) is 0 Å². The van der Waals surface area contributed by atoms with Crippen LogP contribution in [0.1, 0.15) is 28.8 Å². The van der Waals surface area contributed by atoms with Crippen LogP contribution in [0.2, 0.25) is 0 Å². The number of hydrogen-bond acceptors (Lipinski definition) is 4. The van der Waals surface area contributed by atoms with Crippen LogP contribution in [0.5, 0.6) is 0 Å². The lowest BCUT2D eigenvalue weighted by molar-refractivity contribution is 0.0983. The molecule has 19 heavy (non-hydrogen) atoms. The number of pyridine rings is 1. The average molecular weight is 256 g/mol. The van der Waals surface area contributed by atoms with Crippen molar-refractivity contribution in [2.75, 3.05) is 11.4 Å². The second kappa shape index (κ2) is 4.84. The van der Waals surface area contributed by atoms with E-state index in [1.807, 2.05) is 25.4 Å². The van der Waals surface area contributed by atoms with E-state index in [0.29, 0.717) is 6.42 Å². The summed E-state index contributed by atoms with van der Waals surface area (Å²) in [7, 11) is 1.85. The minimum atomic E-state index is 0.195. The van der Waals surface area contributed by atoms with Crippen molar-refractivity contribution in [2.24, 2.45) is 7.05 Å². The number of ketones is 1. The summed E-state index contributed by atoms with van der Waals surface area (Å²) >= 11 is 0. The van der Waals surface area contributed by atoms with E-state index in [9.17, 15) is 4.79 Å². The van der Waals surface area contributed by atoms with Crippen LogP contribution in [0.25, 0.3) is 0 Å². The van der Waals surface area contributed by atoms with Crippen LogP contribution in [-0.2, 0) is 13.6 Å². The number of aryl methyl sites for hydroxylation is 1. The van der Waals surface area contributed by atoms with Gasteiger partial charge in [-0.05, 0) is 24.1 Å². The molecule has 1 aliphatic rings. The predicted octanol–water partition coefficient (Wildman–Crippen LogP) is 1.80. The molecule has 98 valence electrons. The molecule has 0 saturated heterocycles. The van der Waals surface area contributed by atoms with Gasteiger partial charge in [0.05, 0.1) is 5.56 Å². The zero-order valence-corrected chi connectivity index (χ0v) is 10.9. The van der Waals surface area contributed by atoms with Gasteiger partial charge in [0.2, 0.25) is 0 Å². The second-order valence-corrected chi connectivity index (χ2v) is 4.84. The van der Waals surface area contributed by atoms with Gasteiger partial charge < -0.3 is 4.90 Å². The minimum Gasteiger partial charge on any atom is -0.350 e. The minimum absolute atomic E-state index is 0.195. The first-order valence-corrected chi connectivity index (χ1v) is 6.45. The third-order valence-corrected chi connectivity index (χ3v) is 3.36. The molecule has 1 aliphatic heterocycles. The molecule has 0 amide bonds. The molecule has 3 heterocycles. The molecule has 2 aromatic heterocycles. The average Bonchev–Trinajstić information content (AvgIpc) is 2.75. The number of carbonyl (C=O) groups is 1. The largest absolute Gasteiger partial charge is 0.350 e. The smallest absolute Gasteiger partial charge is 0.168 e. The lowest BCUT2D eigenvalue weighted by Crippen LogP contribution is -2.24. The SMILES string of the molecule is Cn1cc2c(n1)N(Cc1ccncc1)CCCC2=O. The molecule has 0 saturated carbocycles. The van der Waals surface area contributed by atoms with E-state index in [1.165, 1.54) is 5.56 Å². The Bertz CT molecular complexity index is 591. The first-order chi connectivity index (χ1) is 9.24. The number of nitrogens with zero attached hydrogens (tertiary/aromatic N) is 4. The first-order valence-electron chi connectivity index (χ1n) is 6.45. The maximum absolute atomic E-state index is 12.0. The van der Waals surface area contributed by atoms with Crippen LogP contribution in [0.3, 0.4) is 0 Å². The van der Waals surface area contributed by atoms with Gasteiger partial charge in [-0.3, -0.25) is 14.5 Å². The maximum atomic E-state index is 12.0. The highest BCUT2D eigenvalue weighted by Crippen LogP contribution is 2.25. The van der Waals surface area contributed by atoms with Crippen molar-refractivity contribution in [3.8, 4) is 0 Å². The fraction of sp³-hybridized carbons (Fsp3) is 0.357. The fourth-order valence-electron chi connectivity index (χ4n) is 2.44. The number of carbonyl (C=O) groups excluding carboxylic acids is 1. The van der Waals surface area contributed by atoms with Crippen molar-refractivity contribution in [3.63, 3.8) is 0 Å². The van der Waals surface area contributed by atoms with Crippen LogP contribution >= 0.6 is 0 Å². The van der Waals surface area contributed by atoms with E-state index in [-0.39, 0.29) is 5.78 Å². The summed E-state index contributed by atoms with van der Waals surface area (Å²) in [6.07, 6.45) is 6.88. The van der Waals surface area contributed by atoms with E-state index >= 15 is 0 Å². The van der Waals surface area contributed by atoms with Crippen LogP contribution < -0.4 is 4.90 Å². The highest BCUT2D eigenvalue weighted by atomic mass is 16.1. The Balaban J connectivity index is 1.93. The summed E-state index contributed by atoms with van der Waals surface area (Å²) < 4.78 is 1.72. The Morgan fingerprint density at radius 3 is 2.89 bits per heavy atom. The molecular weight excluding hydrogens is 240 g/mol. The summed E-state index contributed by atoms with van der Waals surface area (Å²) in [5.41, 5.74) is 1.93. The van der Waals surface area contributed by atoms with Gasteiger partial charge in [-0.1, -0.05) is 0 Å². The van der Waals surface area contributed by atoms with Crippen molar-refractivity contribution < 1.29 is 4.79 Å². The molecule has 0 radical (unpaired) electrons. The standard InChI is InChI=1S/C14H16N4O/c1-17-10-12-13(19)3-2-8-18(14(12)16-17)9-11-4-6-15-7-5-11/h4-7,10H,2-3,8-9H2,1H3. The molecule has 0 aromatic carbocycles. The van der Waals surface area contributed by atoms with Crippen LogP contribution in [0.4, 0.5) is 5.82 Å². The molecule has 0 spiro atoms. The van der Waals surface area contributed by atoms with Crippen LogP contribution in [-0.4, -0.2) is 27.1 Å². The third kappa shape index (κ3) is 2.36. The zero-order chi connectivity index (χ0) is 13.2. The Labute approximate surface area is 111 Å². The molecule has 0 aliphatic carbocycles. The first kappa shape index (κ1) is 11.9. The molecule has 5 heteroatoms. The summed E-state index contributed by atoms with van der Waals surface area (Å²) in [6.45, 7) is 1.62. The van der Waals surface area contributed by atoms with E-state index in [0.717, 1.165) is 30.9 Å². The van der Waals surface area contributed by atoms with Gasteiger partial charge in [-0.25, -0.2) is 0 Å². The summed E-state index contributed by atoms with van der Waals surface area (Å²) in [5.74, 6) is 1.00. The van der Waals surface area contributed by atoms with Gasteiger partial charge in [-0.15, -0.1) is 0 Å². The summed E-state index contributed by atoms with van der Waals surface area (Å²) in [5, 5.41) is 4.45. The second-order valence-electron chi connectivity index (χ2n) is 4.84. The Hall–Kier alpha value is -2.17. The molecule has 0 atom stereocenters. The topological polar surface area (TPSA) is 51.0 Å². The molecule has 5 nitrogen and oxygen atoms in total. The quantitative estimate of drug-likeness (QED) is 0.822. The monoisotopic (exact) mass is 256 g/mol. The molecule has 2 aromatic rings. The molecule has 0 N–H and O–H groups in total. The predicted molar refractivity (Wildman–Crippen MR) is 72.1 cm³/mol. The molecule has 3 rings (SSSR count). The van der Waals surface area contributed by atoms with E-state index in [1.54, 1.807) is 17.1 Å². The Morgan fingerprint density at radius 1 is 1.32 bits per heavy atom. The Kier molecular flexibility index (Phi) is 3.03. The van der Waals surface area contributed by atoms with Gasteiger partial charge in [0.25, 0.3) is 0 Å². The maximum Gasteiger partial charge on any atom is 0.168 e. The highest BCUT2D eigenvalue weighted by molar-refractivity contribution is 6.01. The van der Waals surface area contributed by atoms with Crippen molar-refractivity contribution in [2.45, 2.75) is 19.4 Å². The molecule has 0 bridgehead atoms. The fourth-order valence-corrected chi connectivity index (χ4v) is 2.44. The number of Topliss-reactive ketones (excluding diaryl/α,β-unsaturated/α-hetero) is 1. The molecular formula is C14H16N4O. The normalized spacial score (nSPS) is 15.2. The van der Waals surface area contributed by atoms with Crippen molar-refractivity contribution in [1.82, 2.24) is 14.8 Å². The van der Waals surface area contributed by atoms with E-state index < -0.39 is 0 Å². The number of anilines is 1. The van der Waals surface area contributed by atoms with Gasteiger partial charge in [0.1, 0.15) is 0 Å². The number of fused-ring (bicyclic) bond motifs is 1. The lowest BCUT2D eigenvalue weighted by Gasteiger charge is -2.21. The van der Waals surface area contributed by atoms with Crippen molar-refractivity contribution >= 4 is 11.6 Å². The van der Waals surface area contributed by atoms with E-state index in [4.69, 9.17) is 0 Å². The van der Waals surface area contributed by atoms with E-state index in [2.05, 4.69) is 15.0 Å². The van der Waals surface area contributed by atoms with Gasteiger partial charge in [-0.2, -0.15) is 5.10 Å². The van der Waals surface area contributed by atoms with Gasteiger partial charge in [0.15, 0.2) is 11.6 Å². The highest BCUT2D eigenvalue weighted by Gasteiger charge is 2.24. The number of hydrogen-bond donors (Lipinski definition) is 0. The third-order valence-electron chi connectivity index (χ3n) is 3.36. The molecule has 0 fully saturated rings. The van der Waals surface area contributed by atoms with Crippen molar-refractivity contribution in [3.05, 3.63) is 41.9 Å².